The summed E-state index contributed by atoms with van der Waals surface area (Å²) in [6.07, 6.45) is 2.61. The van der Waals surface area contributed by atoms with Crippen LogP contribution in [0.25, 0.3) is 22.4 Å². The van der Waals surface area contributed by atoms with Crippen molar-refractivity contribution in [2.45, 2.75) is 13.3 Å². The Morgan fingerprint density at radius 2 is 1.90 bits per heavy atom. The highest BCUT2D eigenvalue weighted by molar-refractivity contribution is 7.15. The van der Waals surface area contributed by atoms with Crippen LogP contribution < -0.4 is 14.8 Å². The molecule has 0 fully saturated rings. The molecule has 2 aromatic carbocycles. The predicted molar refractivity (Wildman–Crippen MR) is 110 cm³/mol. The molecule has 2 heterocycles. The van der Waals surface area contributed by atoms with Crippen LogP contribution in [0.1, 0.15) is 18.9 Å². The number of nitrogens with zero attached hydrogens (tertiary/aromatic N) is 4. The van der Waals surface area contributed by atoms with Gasteiger partial charge in [0.1, 0.15) is 5.75 Å². The summed E-state index contributed by atoms with van der Waals surface area (Å²) in [5, 5.41) is 15.1. The molecule has 0 N–H and O–H groups in total. The Labute approximate surface area is 168 Å². The van der Waals surface area contributed by atoms with Crippen LogP contribution in [-0.4, -0.2) is 26.1 Å². The molecular weight excluding hydrogens is 392 g/mol. The van der Waals surface area contributed by atoms with Gasteiger partial charge in [-0.1, -0.05) is 18.3 Å². The summed E-state index contributed by atoms with van der Waals surface area (Å²) in [6, 6.07) is 13.4. The third kappa shape index (κ3) is 3.85. The predicted octanol–water partition coefficient (Wildman–Crippen LogP) is 3.06. The molecule has 29 heavy (non-hydrogen) atoms. The maximum Gasteiger partial charge on any atom is 0.291 e. The lowest BCUT2D eigenvalue weighted by atomic mass is 10.2. The molecule has 0 unspecified atom stereocenters. The van der Waals surface area contributed by atoms with Crippen LogP contribution in [0.4, 0.5) is 5.69 Å². The van der Waals surface area contributed by atoms with E-state index in [1.807, 2.05) is 31.2 Å². The average Bonchev–Trinajstić information content (AvgIpc) is 3.27. The Morgan fingerprint density at radius 1 is 1.17 bits per heavy atom. The summed E-state index contributed by atoms with van der Waals surface area (Å²) in [6.45, 7) is 2.70. The first-order valence-corrected chi connectivity index (χ1v) is 9.76. The Morgan fingerprint density at radius 3 is 2.52 bits per heavy atom. The van der Waals surface area contributed by atoms with Crippen LogP contribution in [0.15, 0.2) is 53.3 Å². The van der Waals surface area contributed by atoms with Gasteiger partial charge >= 0.3 is 0 Å². The van der Waals surface area contributed by atoms with Crippen molar-refractivity contribution in [3.8, 4) is 17.1 Å². The Balaban J connectivity index is 1.63. The number of aromatic nitrogens is 3. The fourth-order valence-electron chi connectivity index (χ4n) is 2.72. The van der Waals surface area contributed by atoms with E-state index in [0.717, 1.165) is 17.7 Å². The summed E-state index contributed by atoms with van der Waals surface area (Å²) in [5.74, 6) is 1.25. The van der Waals surface area contributed by atoms with Crippen LogP contribution in [0.5, 0.6) is 5.75 Å². The van der Waals surface area contributed by atoms with E-state index in [1.54, 1.807) is 18.2 Å². The minimum absolute atomic E-state index is 0.00269. The summed E-state index contributed by atoms with van der Waals surface area (Å²) in [7, 11) is 0. The lowest BCUT2D eigenvalue weighted by Crippen LogP contribution is -2.23. The molecule has 4 rings (SSSR count). The maximum atomic E-state index is 12.6. The van der Waals surface area contributed by atoms with Gasteiger partial charge in [0.25, 0.3) is 11.2 Å². The van der Waals surface area contributed by atoms with Gasteiger partial charge in [-0.15, -0.1) is 5.10 Å². The Kier molecular flexibility index (Phi) is 5.05. The summed E-state index contributed by atoms with van der Waals surface area (Å²) in [5.41, 5.74) is 1.22. The zero-order chi connectivity index (χ0) is 20.4. The molecule has 8 nitrogen and oxygen atoms in total. The molecule has 0 aliphatic carbocycles. The van der Waals surface area contributed by atoms with E-state index >= 15 is 0 Å². The smallest absolute Gasteiger partial charge is 0.291 e. The molecule has 2 aromatic heterocycles. The standard InChI is InChI=1S/C20H16N4O4S/c1-2-11-28-16-9-5-14(6-10-16)18-21-20-23(22-18)19(25)17(29-20)12-13-3-7-15(8-4-13)24(26)27/h3-10,12H,2,11H2,1H3/b17-12-. The van der Waals surface area contributed by atoms with Gasteiger partial charge in [0.05, 0.1) is 16.1 Å². The summed E-state index contributed by atoms with van der Waals surface area (Å²) < 4.78 is 7.30. The first-order valence-electron chi connectivity index (χ1n) is 8.94. The molecule has 0 aliphatic rings. The van der Waals surface area contributed by atoms with Crippen molar-refractivity contribution >= 4 is 28.1 Å². The fourth-order valence-corrected chi connectivity index (χ4v) is 3.63. The molecule has 0 amide bonds. The number of thiazole rings is 1. The van der Waals surface area contributed by atoms with Crippen LogP contribution in [0, 0.1) is 10.1 Å². The molecule has 0 atom stereocenters. The molecule has 0 bridgehead atoms. The zero-order valence-corrected chi connectivity index (χ0v) is 16.3. The number of hydrogen-bond acceptors (Lipinski definition) is 7. The molecule has 9 heteroatoms. The molecule has 0 aliphatic heterocycles. The highest BCUT2D eigenvalue weighted by Gasteiger charge is 2.12. The number of ether oxygens (including phenoxy) is 1. The quantitative estimate of drug-likeness (QED) is 0.359. The highest BCUT2D eigenvalue weighted by Crippen LogP contribution is 2.20. The van der Waals surface area contributed by atoms with Crippen LogP contribution in [0.2, 0.25) is 0 Å². The highest BCUT2D eigenvalue weighted by atomic mass is 32.1. The van der Waals surface area contributed by atoms with E-state index < -0.39 is 4.92 Å². The van der Waals surface area contributed by atoms with Gasteiger partial charge < -0.3 is 4.74 Å². The fraction of sp³-hybridized carbons (Fsp3) is 0.150. The Bertz CT molecular complexity index is 1280. The van der Waals surface area contributed by atoms with Crippen LogP contribution >= 0.6 is 11.3 Å². The molecule has 0 saturated carbocycles. The van der Waals surface area contributed by atoms with Crippen LogP contribution in [-0.2, 0) is 0 Å². The molecular formula is C20H16N4O4S. The van der Waals surface area contributed by atoms with E-state index in [9.17, 15) is 14.9 Å². The van der Waals surface area contributed by atoms with Crippen molar-refractivity contribution in [3.05, 3.63) is 79.1 Å². The maximum absolute atomic E-state index is 12.6. The third-order valence-corrected chi connectivity index (χ3v) is 5.13. The van der Waals surface area contributed by atoms with E-state index in [0.29, 0.717) is 27.5 Å². The minimum Gasteiger partial charge on any atom is -0.494 e. The monoisotopic (exact) mass is 408 g/mol. The summed E-state index contributed by atoms with van der Waals surface area (Å²) in [4.78, 5) is 27.9. The van der Waals surface area contributed by atoms with Crippen molar-refractivity contribution < 1.29 is 9.66 Å². The minimum atomic E-state index is -0.462. The first-order chi connectivity index (χ1) is 14.0. The van der Waals surface area contributed by atoms with Gasteiger partial charge in [0, 0.05) is 17.7 Å². The van der Waals surface area contributed by atoms with Crippen molar-refractivity contribution in [2.75, 3.05) is 6.61 Å². The lowest BCUT2D eigenvalue weighted by molar-refractivity contribution is -0.384. The van der Waals surface area contributed by atoms with E-state index in [2.05, 4.69) is 10.1 Å². The van der Waals surface area contributed by atoms with Gasteiger partial charge in [-0.2, -0.15) is 9.50 Å². The molecule has 0 spiro atoms. The van der Waals surface area contributed by atoms with Gasteiger partial charge in [0.2, 0.25) is 4.96 Å². The van der Waals surface area contributed by atoms with Crippen LogP contribution in [0.3, 0.4) is 0 Å². The lowest BCUT2D eigenvalue weighted by Gasteiger charge is -2.04. The van der Waals surface area contributed by atoms with Gasteiger partial charge in [0.15, 0.2) is 5.82 Å². The number of non-ortho nitro benzene ring substituents is 1. The van der Waals surface area contributed by atoms with Gasteiger partial charge in [-0.3, -0.25) is 14.9 Å². The molecule has 4 aromatic rings. The second-order valence-electron chi connectivity index (χ2n) is 6.27. The first kappa shape index (κ1) is 18.8. The molecule has 0 radical (unpaired) electrons. The number of nitro groups is 1. The largest absolute Gasteiger partial charge is 0.494 e. The number of hydrogen-bond donors (Lipinski definition) is 0. The number of fused-ring (bicyclic) bond motifs is 1. The zero-order valence-electron chi connectivity index (χ0n) is 15.4. The third-order valence-electron chi connectivity index (χ3n) is 4.17. The van der Waals surface area contributed by atoms with Gasteiger partial charge in [-0.05, 0) is 54.5 Å². The van der Waals surface area contributed by atoms with Crippen molar-refractivity contribution in [2.24, 2.45) is 0 Å². The van der Waals surface area contributed by atoms with Crippen molar-refractivity contribution in [1.82, 2.24) is 14.6 Å². The number of nitro benzene ring substituents is 1. The average molecular weight is 408 g/mol. The van der Waals surface area contributed by atoms with Crippen molar-refractivity contribution in [1.29, 1.82) is 0 Å². The normalized spacial score (nSPS) is 11.8. The molecule has 146 valence electrons. The summed E-state index contributed by atoms with van der Waals surface area (Å²) >= 11 is 1.22. The Hall–Kier alpha value is -3.59. The second-order valence-corrected chi connectivity index (χ2v) is 7.28. The van der Waals surface area contributed by atoms with E-state index in [4.69, 9.17) is 4.74 Å². The number of benzene rings is 2. The second kappa shape index (κ2) is 7.80. The van der Waals surface area contributed by atoms with Gasteiger partial charge in [-0.25, -0.2) is 0 Å². The number of rotatable bonds is 6. The van der Waals surface area contributed by atoms with Crippen molar-refractivity contribution in [3.63, 3.8) is 0 Å². The van der Waals surface area contributed by atoms with E-state index in [-0.39, 0.29) is 11.2 Å². The SMILES string of the molecule is CCCOc1ccc(-c2nc3s/c(=C\c4ccc([N+](=O)[O-])cc4)c(=O)n3n2)cc1. The topological polar surface area (TPSA) is 99.6 Å². The molecule has 0 saturated heterocycles. The van der Waals surface area contributed by atoms with E-state index in [1.165, 1.54) is 28.0 Å².